The Morgan fingerprint density at radius 1 is 1.10 bits per heavy atom. The molecule has 0 spiro atoms. The zero-order valence-corrected chi connectivity index (χ0v) is 12.5. The number of fused-ring (bicyclic) bond motifs is 1. The zero-order valence-electron chi connectivity index (χ0n) is 12.5. The van der Waals surface area contributed by atoms with Crippen LogP contribution in [0.5, 0.6) is 0 Å². The number of aryl methyl sites for hydroxylation is 2. The van der Waals surface area contributed by atoms with Gasteiger partial charge >= 0.3 is 0 Å². The van der Waals surface area contributed by atoms with Crippen molar-refractivity contribution < 1.29 is 0 Å². The minimum atomic E-state index is 0.570. The molecule has 1 aliphatic rings. The third-order valence-electron chi connectivity index (χ3n) is 4.38. The van der Waals surface area contributed by atoms with Crippen molar-refractivity contribution in [3.63, 3.8) is 0 Å². The first kappa shape index (κ1) is 13.4. The van der Waals surface area contributed by atoms with Gasteiger partial charge in [-0.05, 0) is 49.9 Å². The first-order valence-electron chi connectivity index (χ1n) is 7.57. The summed E-state index contributed by atoms with van der Waals surface area (Å²) in [5.41, 5.74) is 5.84. The zero-order chi connectivity index (χ0) is 13.9. The Morgan fingerprint density at radius 3 is 2.80 bits per heavy atom. The monoisotopic (exact) mass is 265 g/mol. The predicted molar refractivity (Wildman–Crippen MR) is 84.8 cm³/mol. The van der Waals surface area contributed by atoms with Gasteiger partial charge in [0.05, 0.1) is 0 Å². The molecule has 0 saturated carbocycles. The van der Waals surface area contributed by atoms with E-state index in [4.69, 9.17) is 0 Å². The molecular weight excluding hydrogens is 242 g/mol. The van der Waals surface area contributed by atoms with E-state index in [1.54, 1.807) is 5.56 Å². The standard InChI is InChI=1S/C19H23N/c1-15-7-5-8-16(13-15)14-20(2)19-12-6-10-17-9-3-4-11-18(17)19/h3-5,7-9,11,13,19H,6,10,12,14H2,1-2H3. The van der Waals surface area contributed by atoms with Crippen LogP contribution in [0.15, 0.2) is 48.5 Å². The fraction of sp³-hybridized carbons (Fsp3) is 0.368. The molecule has 104 valence electrons. The first-order chi connectivity index (χ1) is 9.74. The Labute approximate surface area is 122 Å². The average Bonchev–Trinajstić information content (AvgIpc) is 2.46. The summed E-state index contributed by atoms with van der Waals surface area (Å²) in [5, 5.41) is 0. The Balaban J connectivity index is 1.80. The van der Waals surface area contributed by atoms with Crippen LogP contribution < -0.4 is 0 Å². The summed E-state index contributed by atoms with van der Waals surface area (Å²) in [6.07, 6.45) is 3.82. The highest BCUT2D eigenvalue weighted by Gasteiger charge is 2.23. The van der Waals surface area contributed by atoms with Gasteiger partial charge in [0.1, 0.15) is 0 Å². The maximum Gasteiger partial charge on any atom is 0.0351 e. The van der Waals surface area contributed by atoms with E-state index in [2.05, 4.69) is 67.4 Å². The summed E-state index contributed by atoms with van der Waals surface area (Å²) < 4.78 is 0. The van der Waals surface area contributed by atoms with E-state index in [-0.39, 0.29) is 0 Å². The molecular formula is C19H23N. The van der Waals surface area contributed by atoms with Crippen molar-refractivity contribution >= 4 is 0 Å². The van der Waals surface area contributed by atoms with Gasteiger partial charge in [0.25, 0.3) is 0 Å². The molecule has 0 N–H and O–H groups in total. The van der Waals surface area contributed by atoms with Gasteiger partial charge in [-0.3, -0.25) is 4.90 Å². The Hall–Kier alpha value is -1.60. The van der Waals surface area contributed by atoms with E-state index in [1.807, 2.05) is 0 Å². The topological polar surface area (TPSA) is 3.24 Å². The first-order valence-corrected chi connectivity index (χ1v) is 7.57. The molecule has 0 fully saturated rings. The molecule has 2 aromatic rings. The molecule has 0 aromatic heterocycles. The van der Waals surface area contributed by atoms with Crippen molar-refractivity contribution in [2.24, 2.45) is 0 Å². The van der Waals surface area contributed by atoms with Crippen molar-refractivity contribution in [3.05, 3.63) is 70.8 Å². The number of hydrogen-bond acceptors (Lipinski definition) is 1. The molecule has 0 bridgehead atoms. The van der Waals surface area contributed by atoms with Gasteiger partial charge in [0, 0.05) is 12.6 Å². The van der Waals surface area contributed by atoms with Crippen molar-refractivity contribution in [2.45, 2.75) is 38.8 Å². The van der Waals surface area contributed by atoms with Gasteiger partial charge in [0.2, 0.25) is 0 Å². The van der Waals surface area contributed by atoms with Crippen LogP contribution in [0.1, 0.15) is 41.1 Å². The second-order valence-corrected chi connectivity index (χ2v) is 6.01. The molecule has 0 amide bonds. The molecule has 0 aliphatic heterocycles. The third kappa shape index (κ3) is 2.78. The van der Waals surface area contributed by atoms with Gasteiger partial charge < -0.3 is 0 Å². The molecule has 1 atom stereocenters. The van der Waals surface area contributed by atoms with Crippen molar-refractivity contribution in [2.75, 3.05) is 7.05 Å². The normalized spacial score (nSPS) is 18.1. The van der Waals surface area contributed by atoms with E-state index < -0.39 is 0 Å². The fourth-order valence-electron chi connectivity index (χ4n) is 3.39. The number of nitrogens with zero attached hydrogens (tertiary/aromatic N) is 1. The molecule has 1 aliphatic carbocycles. The maximum atomic E-state index is 2.51. The summed E-state index contributed by atoms with van der Waals surface area (Å²) in [7, 11) is 2.26. The highest BCUT2D eigenvalue weighted by Crippen LogP contribution is 2.34. The summed E-state index contributed by atoms with van der Waals surface area (Å²) in [6, 6.07) is 18.4. The average molecular weight is 265 g/mol. The lowest BCUT2D eigenvalue weighted by molar-refractivity contribution is 0.213. The van der Waals surface area contributed by atoms with E-state index in [9.17, 15) is 0 Å². The Bertz CT molecular complexity index is 588. The van der Waals surface area contributed by atoms with Crippen molar-refractivity contribution in [1.29, 1.82) is 0 Å². The van der Waals surface area contributed by atoms with Crippen LogP contribution in [0.3, 0.4) is 0 Å². The van der Waals surface area contributed by atoms with Crippen LogP contribution in [-0.2, 0) is 13.0 Å². The molecule has 1 heteroatoms. The number of benzene rings is 2. The molecule has 2 aromatic carbocycles. The van der Waals surface area contributed by atoms with E-state index in [1.165, 1.54) is 36.0 Å². The van der Waals surface area contributed by atoms with Crippen LogP contribution in [0.25, 0.3) is 0 Å². The minimum Gasteiger partial charge on any atom is -0.295 e. The van der Waals surface area contributed by atoms with Crippen LogP contribution in [0, 0.1) is 6.92 Å². The molecule has 0 radical (unpaired) electrons. The predicted octanol–water partition coefficient (Wildman–Crippen LogP) is 4.50. The quantitative estimate of drug-likeness (QED) is 0.789. The van der Waals surface area contributed by atoms with E-state index >= 15 is 0 Å². The molecule has 0 saturated heterocycles. The number of rotatable bonds is 3. The Kier molecular flexibility index (Phi) is 3.88. The lowest BCUT2D eigenvalue weighted by atomic mass is 9.87. The Morgan fingerprint density at radius 2 is 1.95 bits per heavy atom. The molecule has 20 heavy (non-hydrogen) atoms. The van der Waals surface area contributed by atoms with E-state index in [0.29, 0.717) is 6.04 Å². The highest BCUT2D eigenvalue weighted by atomic mass is 15.1. The second-order valence-electron chi connectivity index (χ2n) is 6.01. The summed E-state index contributed by atoms with van der Waals surface area (Å²) in [5.74, 6) is 0. The van der Waals surface area contributed by atoms with Crippen molar-refractivity contribution in [1.82, 2.24) is 4.90 Å². The number of hydrogen-bond donors (Lipinski definition) is 0. The third-order valence-corrected chi connectivity index (χ3v) is 4.38. The summed E-state index contributed by atoms with van der Waals surface area (Å²) in [4.78, 5) is 2.51. The van der Waals surface area contributed by atoms with Gasteiger partial charge in [-0.15, -0.1) is 0 Å². The molecule has 1 unspecified atom stereocenters. The fourth-order valence-corrected chi connectivity index (χ4v) is 3.39. The maximum absolute atomic E-state index is 2.51. The highest BCUT2D eigenvalue weighted by molar-refractivity contribution is 5.32. The summed E-state index contributed by atoms with van der Waals surface area (Å²) >= 11 is 0. The van der Waals surface area contributed by atoms with Crippen molar-refractivity contribution in [3.8, 4) is 0 Å². The SMILES string of the molecule is Cc1cccc(CN(C)C2CCCc3ccccc32)c1. The van der Waals surface area contributed by atoms with Crippen LogP contribution in [0.2, 0.25) is 0 Å². The largest absolute Gasteiger partial charge is 0.295 e. The molecule has 3 rings (SSSR count). The van der Waals surface area contributed by atoms with Crippen LogP contribution in [-0.4, -0.2) is 11.9 Å². The molecule has 1 nitrogen and oxygen atoms in total. The smallest absolute Gasteiger partial charge is 0.0351 e. The lowest BCUT2D eigenvalue weighted by Gasteiger charge is -2.33. The van der Waals surface area contributed by atoms with E-state index in [0.717, 1.165) is 6.54 Å². The van der Waals surface area contributed by atoms with Gasteiger partial charge in [-0.2, -0.15) is 0 Å². The van der Waals surface area contributed by atoms with Gasteiger partial charge in [-0.25, -0.2) is 0 Å². The second kappa shape index (κ2) is 5.80. The van der Waals surface area contributed by atoms with Gasteiger partial charge in [0.15, 0.2) is 0 Å². The molecule has 0 heterocycles. The van der Waals surface area contributed by atoms with Crippen LogP contribution in [0.4, 0.5) is 0 Å². The van der Waals surface area contributed by atoms with Gasteiger partial charge in [-0.1, -0.05) is 54.1 Å². The van der Waals surface area contributed by atoms with Crippen LogP contribution >= 0.6 is 0 Å². The minimum absolute atomic E-state index is 0.570. The lowest BCUT2D eigenvalue weighted by Crippen LogP contribution is -2.27. The summed E-state index contributed by atoms with van der Waals surface area (Å²) in [6.45, 7) is 3.19.